The highest BCUT2D eigenvalue weighted by atomic mass is 15.0. The molecule has 28 heavy (non-hydrogen) atoms. The molecule has 5 rings (SSSR count). The Morgan fingerprint density at radius 2 is 1.79 bits per heavy atom. The second-order valence-corrected chi connectivity index (χ2v) is 7.23. The molecule has 0 aliphatic heterocycles. The molecule has 1 atom stereocenters. The fourth-order valence-corrected chi connectivity index (χ4v) is 3.99. The number of aryl methyl sites for hydroxylation is 2. The minimum Gasteiger partial charge on any atom is -0.363 e. The molecule has 0 saturated carbocycles. The van der Waals surface area contributed by atoms with Crippen LogP contribution in [0.3, 0.4) is 0 Å². The zero-order valence-corrected chi connectivity index (χ0v) is 15.8. The Kier molecular flexibility index (Phi) is 4.20. The van der Waals surface area contributed by atoms with Gasteiger partial charge in [-0.15, -0.1) is 0 Å². The summed E-state index contributed by atoms with van der Waals surface area (Å²) < 4.78 is 0. The topological polar surface area (TPSA) is 63.6 Å². The Labute approximate surface area is 163 Å². The molecule has 0 amide bonds. The van der Waals surface area contributed by atoms with Crippen LogP contribution in [0.4, 0.5) is 5.82 Å². The first-order valence-corrected chi connectivity index (χ1v) is 9.67. The molecule has 2 aromatic heterocycles. The summed E-state index contributed by atoms with van der Waals surface area (Å²) in [5, 5.41) is 3.65. The van der Waals surface area contributed by atoms with Gasteiger partial charge in [0.1, 0.15) is 11.6 Å². The van der Waals surface area contributed by atoms with E-state index in [0.717, 1.165) is 46.8 Å². The fraction of sp³-hybridized carbons (Fsp3) is 0.217. The second kappa shape index (κ2) is 7.00. The van der Waals surface area contributed by atoms with Crippen LogP contribution in [0, 0.1) is 6.92 Å². The molecule has 0 fully saturated rings. The van der Waals surface area contributed by atoms with Crippen LogP contribution in [0.1, 0.15) is 35.8 Å². The summed E-state index contributed by atoms with van der Waals surface area (Å²) >= 11 is 0. The molecule has 0 bridgehead atoms. The maximum absolute atomic E-state index is 4.65. The lowest BCUT2D eigenvalue weighted by atomic mass is 9.88. The summed E-state index contributed by atoms with van der Waals surface area (Å²) in [7, 11) is 0. The van der Waals surface area contributed by atoms with E-state index in [1.54, 1.807) is 12.4 Å². The number of benzene rings is 2. The van der Waals surface area contributed by atoms with Crippen LogP contribution in [0.2, 0.25) is 0 Å². The molecule has 2 aromatic carbocycles. The molecule has 1 aliphatic rings. The van der Waals surface area contributed by atoms with Crippen molar-refractivity contribution >= 4 is 16.9 Å². The van der Waals surface area contributed by atoms with Crippen LogP contribution in [0.25, 0.3) is 22.3 Å². The van der Waals surface area contributed by atoms with Crippen molar-refractivity contribution in [3.63, 3.8) is 0 Å². The van der Waals surface area contributed by atoms with Crippen LogP contribution in [0.15, 0.2) is 60.9 Å². The predicted molar refractivity (Wildman–Crippen MR) is 111 cm³/mol. The van der Waals surface area contributed by atoms with E-state index in [1.165, 1.54) is 17.5 Å². The number of hydrogen-bond donors (Lipinski definition) is 1. The normalized spacial score (nSPS) is 16.0. The summed E-state index contributed by atoms with van der Waals surface area (Å²) in [5.74, 6) is 1.62. The van der Waals surface area contributed by atoms with Gasteiger partial charge in [0.15, 0.2) is 0 Å². The van der Waals surface area contributed by atoms with Gasteiger partial charge in [-0.05, 0) is 49.4 Å². The number of nitrogens with zero attached hydrogens (tertiary/aromatic N) is 4. The van der Waals surface area contributed by atoms with E-state index in [0.29, 0.717) is 0 Å². The van der Waals surface area contributed by atoms with Crippen LogP contribution in [-0.2, 0) is 6.42 Å². The smallest absolute Gasteiger partial charge is 0.130 e. The monoisotopic (exact) mass is 367 g/mol. The van der Waals surface area contributed by atoms with E-state index in [4.69, 9.17) is 0 Å². The van der Waals surface area contributed by atoms with Crippen LogP contribution in [-0.4, -0.2) is 19.9 Å². The van der Waals surface area contributed by atoms with Crippen molar-refractivity contribution in [2.45, 2.75) is 32.2 Å². The van der Waals surface area contributed by atoms with Gasteiger partial charge in [0.05, 0.1) is 22.8 Å². The lowest BCUT2D eigenvalue weighted by Gasteiger charge is -2.27. The van der Waals surface area contributed by atoms with Crippen molar-refractivity contribution in [2.75, 3.05) is 5.32 Å². The number of anilines is 1. The Balaban J connectivity index is 1.49. The van der Waals surface area contributed by atoms with Gasteiger partial charge < -0.3 is 5.32 Å². The van der Waals surface area contributed by atoms with Gasteiger partial charge in [0.2, 0.25) is 0 Å². The zero-order chi connectivity index (χ0) is 18.9. The van der Waals surface area contributed by atoms with E-state index in [1.807, 2.05) is 31.2 Å². The Morgan fingerprint density at radius 1 is 0.929 bits per heavy atom. The van der Waals surface area contributed by atoms with Crippen molar-refractivity contribution in [2.24, 2.45) is 0 Å². The first kappa shape index (κ1) is 16.8. The molecule has 4 aromatic rings. The minimum atomic E-state index is 0.287. The van der Waals surface area contributed by atoms with E-state index in [2.05, 4.69) is 49.5 Å². The number of aromatic nitrogens is 4. The van der Waals surface area contributed by atoms with Crippen LogP contribution in [0.5, 0.6) is 0 Å². The molecule has 1 N–H and O–H groups in total. The van der Waals surface area contributed by atoms with Gasteiger partial charge in [-0.25, -0.2) is 9.97 Å². The highest BCUT2D eigenvalue weighted by Crippen LogP contribution is 2.32. The molecule has 5 nitrogen and oxygen atoms in total. The maximum atomic E-state index is 4.65. The summed E-state index contributed by atoms with van der Waals surface area (Å²) in [6, 6.07) is 17.1. The second-order valence-electron chi connectivity index (χ2n) is 7.23. The lowest BCUT2D eigenvalue weighted by Crippen LogP contribution is -2.18. The quantitative estimate of drug-likeness (QED) is 0.559. The maximum Gasteiger partial charge on any atom is 0.130 e. The van der Waals surface area contributed by atoms with Crippen molar-refractivity contribution < 1.29 is 0 Å². The summed E-state index contributed by atoms with van der Waals surface area (Å²) in [6.45, 7) is 1.93. The van der Waals surface area contributed by atoms with Gasteiger partial charge in [0.25, 0.3) is 0 Å². The number of rotatable bonds is 3. The van der Waals surface area contributed by atoms with Crippen molar-refractivity contribution in [3.8, 4) is 11.3 Å². The molecular weight excluding hydrogens is 346 g/mol. The van der Waals surface area contributed by atoms with E-state index >= 15 is 0 Å². The van der Waals surface area contributed by atoms with Crippen LogP contribution < -0.4 is 5.32 Å². The molecule has 1 unspecified atom stereocenters. The standard InChI is InChI=1S/C23H21N5/c1-15-26-21(17-9-10-20-22(13-17)25-12-11-24-20)14-23(27-15)28-19-8-4-6-16-5-2-3-7-18(16)19/h2-3,5,7,9-14,19H,4,6,8H2,1H3,(H,26,27,28). The molecule has 2 heterocycles. The van der Waals surface area contributed by atoms with Gasteiger partial charge >= 0.3 is 0 Å². The van der Waals surface area contributed by atoms with E-state index in [-0.39, 0.29) is 6.04 Å². The fourth-order valence-electron chi connectivity index (χ4n) is 3.99. The van der Waals surface area contributed by atoms with Crippen molar-refractivity contribution in [3.05, 3.63) is 77.9 Å². The molecule has 5 heteroatoms. The number of fused-ring (bicyclic) bond motifs is 2. The van der Waals surface area contributed by atoms with Crippen molar-refractivity contribution in [1.82, 2.24) is 19.9 Å². The van der Waals surface area contributed by atoms with E-state index in [9.17, 15) is 0 Å². The van der Waals surface area contributed by atoms with Gasteiger partial charge in [-0.2, -0.15) is 0 Å². The van der Waals surface area contributed by atoms with Gasteiger partial charge in [0, 0.05) is 24.0 Å². The highest BCUT2D eigenvalue weighted by molar-refractivity contribution is 5.80. The summed E-state index contributed by atoms with van der Waals surface area (Å²) in [5.41, 5.74) is 6.48. The predicted octanol–water partition coefficient (Wildman–Crippen LogP) is 4.88. The average molecular weight is 367 g/mol. The number of nitrogens with one attached hydrogen (secondary N) is 1. The SMILES string of the molecule is Cc1nc(NC2CCCc3ccccc32)cc(-c2ccc3nccnc3c2)n1. The third kappa shape index (κ3) is 3.20. The summed E-state index contributed by atoms with van der Waals surface area (Å²) in [4.78, 5) is 18.0. The lowest BCUT2D eigenvalue weighted by molar-refractivity contribution is 0.598. The molecule has 1 aliphatic carbocycles. The third-order valence-corrected chi connectivity index (χ3v) is 5.29. The zero-order valence-electron chi connectivity index (χ0n) is 15.8. The number of hydrogen-bond acceptors (Lipinski definition) is 5. The molecule has 138 valence electrons. The van der Waals surface area contributed by atoms with Crippen molar-refractivity contribution in [1.29, 1.82) is 0 Å². The van der Waals surface area contributed by atoms with Gasteiger partial charge in [-0.3, -0.25) is 9.97 Å². The average Bonchev–Trinajstić information content (AvgIpc) is 2.73. The largest absolute Gasteiger partial charge is 0.363 e. The van der Waals surface area contributed by atoms with Gasteiger partial charge in [-0.1, -0.05) is 30.3 Å². The Bertz CT molecular complexity index is 1150. The van der Waals surface area contributed by atoms with E-state index < -0.39 is 0 Å². The molecular formula is C23H21N5. The molecule has 0 radical (unpaired) electrons. The first-order valence-electron chi connectivity index (χ1n) is 9.67. The third-order valence-electron chi connectivity index (χ3n) is 5.29. The Morgan fingerprint density at radius 3 is 2.71 bits per heavy atom. The van der Waals surface area contributed by atoms with Crippen LogP contribution >= 0.6 is 0 Å². The molecule has 0 spiro atoms. The first-order chi connectivity index (χ1) is 13.8. The molecule has 0 saturated heterocycles. The summed E-state index contributed by atoms with van der Waals surface area (Å²) in [6.07, 6.45) is 6.88. The highest BCUT2D eigenvalue weighted by Gasteiger charge is 2.20. The Hall–Kier alpha value is -3.34. The minimum absolute atomic E-state index is 0.287.